The molecule has 0 nitrogen and oxygen atoms in total. The molecule has 94 valence electrons. The van der Waals surface area contributed by atoms with Gasteiger partial charge in [0.2, 0.25) is 0 Å². The highest BCUT2D eigenvalue weighted by molar-refractivity contribution is 9.11. The second-order valence-corrected chi connectivity index (χ2v) is 7.11. The van der Waals surface area contributed by atoms with Crippen LogP contribution < -0.4 is 0 Å². The van der Waals surface area contributed by atoms with Gasteiger partial charge < -0.3 is 0 Å². The lowest BCUT2D eigenvalue weighted by Gasteiger charge is -2.15. The summed E-state index contributed by atoms with van der Waals surface area (Å²) in [5, 5.41) is 0.339. The fraction of sp³-hybridized carbons (Fsp3) is 0.0769. The van der Waals surface area contributed by atoms with Gasteiger partial charge in [-0.3, -0.25) is 0 Å². The lowest BCUT2D eigenvalue weighted by molar-refractivity contribution is 1.12. The Labute approximate surface area is 141 Å². The van der Waals surface area contributed by atoms with E-state index in [0.29, 0.717) is 5.02 Å². The number of benzene rings is 2. The van der Waals surface area contributed by atoms with Crippen molar-refractivity contribution in [3.05, 3.63) is 66.0 Å². The molecule has 0 saturated carbocycles. The van der Waals surface area contributed by atoms with Crippen molar-refractivity contribution in [3.63, 3.8) is 0 Å². The Kier molecular flexibility index (Phi) is 5.18. The second-order valence-electron chi connectivity index (χ2n) is 3.67. The molecular weight excluding hydrogens is 467 g/mol. The molecular formula is C13H7Br3Cl2. The van der Waals surface area contributed by atoms with E-state index in [1.54, 1.807) is 0 Å². The highest BCUT2D eigenvalue weighted by Crippen LogP contribution is 2.40. The number of rotatable bonds is 2. The Balaban J connectivity index is 2.51. The van der Waals surface area contributed by atoms with Crippen molar-refractivity contribution in [2.45, 2.75) is 5.38 Å². The molecule has 0 N–H and O–H groups in total. The first-order valence-electron chi connectivity index (χ1n) is 5.03. The Morgan fingerprint density at radius 3 is 2.33 bits per heavy atom. The Morgan fingerprint density at radius 1 is 0.889 bits per heavy atom. The number of alkyl halides is 1. The molecule has 1 atom stereocenters. The van der Waals surface area contributed by atoms with Crippen LogP contribution in [0.4, 0.5) is 0 Å². The largest absolute Gasteiger partial charge is 0.112 e. The zero-order chi connectivity index (χ0) is 13.3. The van der Waals surface area contributed by atoms with Crippen molar-refractivity contribution >= 4 is 71.0 Å². The molecule has 0 radical (unpaired) electrons. The van der Waals surface area contributed by atoms with E-state index in [2.05, 4.69) is 47.8 Å². The van der Waals surface area contributed by atoms with Crippen LogP contribution in [-0.4, -0.2) is 0 Å². The zero-order valence-electron chi connectivity index (χ0n) is 8.93. The van der Waals surface area contributed by atoms with E-state index in [-0.39, 0.29) is 5.38 Å². The van der Waals surface area contributed by atoms with E-state index < -0.39 is 0 Å². The lowest BCUT2D eigenvalue weighted by Crippen LogP contribution is -1.96. The third-order valence-electron chi connectivity index (χ3n) is 2.49. The van der Waals surface area contributed by atoms with Gasteiger partial charge in [0.1, 0.15) is 0 Å². The van der Waals surface area contributed by atoms with Gasteiger partial charge in [-0.2, -0.15) is 0 Å². The van der Waals surface area contributed by atoms with E-state index in [1.165, 1.54) is 0 Å². The van der Waals surface area contributed by atoms with Crippen LogP contribution in [0.3, 0.4) is 0 Å². The minimum Gasteiger partial charge on any atom is -0.112 e. The highest BCUT2D eigenvalue weighted by Gasteiger charge is 2.18. The quantitative estimate of drug-likeness (QED) is 0.414. The van der Waals surface area contributed by atoms with Gasteiger partial charge >= 0.3 is 0 Å². The van der Waals surface area contributed by atoms with E-state index in [9.17, 15) is 0 Å². The molecule has 18 heavy (non-hydrogen) atoms. The average Bonchev–Trinajstić information content (AvgIpc) is 2.35. The maximum absolute atomic E-state index is 6.53. The van der Waals surface area contributed by atoms with Crippen molar-refractivity contribution in [2.75, 3.05) is 0 Å². The summed E-state index contributed by atoms with van der Waals surface area (Å²) in [5.41, 5.74) is 1.86. The minimum absolute atomic E-state index is 0.304. The van der Waals surface area contributed by atoms with Crippen LogP contribution in [0.15, 0.2) is 49.8 Å². The predicted molar refractivity (Wildman–Crippen MR) is 88.7 cm³/mol. The standard InChI is InChI=1S/C13H7Br3Cl2/c14-7-4-5-10(15)9(6-7)12(17)8-2-1-3-11(16)13(8)18/h1-6,12H. The molecule has 0 aliphatic rings. The van der Waals surface area contributed by atoms with Crippen molar-refractivity contribution < 1.29 is 0 Å². The van der Waals surface area contributed by atoms with Crippen LogP contribution in [0.2, 0.25) is 5.02 Å². The van der Waals surface area contributed by atoms with Gasteiger partial charge in [-0.1, -0.05) is 55.6 Å². The normalized spacial score (nSPS) is 12.5. The third kappa shape index (κ3) is 3.13. The van der Waals surface area contributed by atoms with Gasteiger partial charge in [0.15, 0.2) is 0 Å². The molecule has 2 aromatic rings. The molecule has 0 heterocycles. The lowest BCUT2D eigenvalue weighted by atomic mass is 10.0. The zero-order valence-corrected chi connectivity index (χ0v) is 15.2. The van der Waals surface area contributed by atoms with Gasteiger partial charge in [0.05, 0.1) is 10.4 Å². The minimum atomic E-state index is -0.304. The van der Waals surface area contributed by atoms with Crippen LogP contribution in [-0.2, 0) is 0 Å². The van der Waals surface area contributed by atoms with Gasteiger partial charge in [-0.05, 0) is 51.3 Å². The molecule has 2 aromatic carbocycles. The van der Waals surface area contributed by atoms with Gasteiger partial charge in [0.25, 0.3) is 0 Å². The molecule has 0 fully saturated rings. The molecule has 0 aromatic heterocycles. The third-order valence-corrected chi connectivity index (χ3v) is 5.48. The maximum atomic E-state index is 6.53. The van der Waals surface area contributed by atoms with Crippen LogP contribution in [0.1, 0.15) is 16.5 Å². The number of hydrogen-bond donors (Lipinski definition) is 0. The highest BCUT2D eigenvalue weighted by atomic mass is 79.9. The summed E-state index contributed by atoms with van der Waals surface area (Å²) >= 11 is 23.2. The second kappa shape index (κ2) is 6.27. The average molecular weight is 474 g/mol. The van der Waals surface area contributed by atoms with Crippen molar-refractivity contribution in [2.24, 2.45) is 0 Å². The topological polar surface area (TPSA) is 0 Å². The van der Waals surface area contributed by atoms with Crippen LogP contribution in [0.5, 0.6) is 0 Å². The van der Waals surface area contributed by atoms with Crippen LogP contribution in [0, 0.1) is 0 Å². The first-order valence-corrected chi connectivity index (χ1v) is 8.23. The van der Waals surface area contributed by atoms with Gasteiger partial charge in [0, 0.05) is 13.4 Å². The first-order chi connectivity index (χ1) is 8.50. The summed E-state index contributed by atoms with van der Waals surface area (Å²) in [5.74, 6) is 0. The van der Waals surface area contributed by atoms with E-state index in [1.807, 2.05) is 36.4 Å². The fourth-order valence-electron chi connectivity index (χ4n) is 1.59. The van der Waals surface area contributed by atoms with Crippen LogP contribution >= 0.6 is 71.0 Å². The summed E-state index contributed by atoms with van der Waals surface area (Å²) < 4.78 is 2.79. The number of hydrogen-bond acceptors (Lipinski definition) is 0. The predicted octanol–water partition coefficient (Wildman–Crippen LogP) is 6.96. The Bertz CT molecular complexity index is 582. The maximum Gasteiger partial charge on any atom is 0.0861 e. The van der Waals surface area contributed by atoms with E-state index >= 15 is 0 Å². The first kappa shape index (κ1) is 14.9. The summed E-state index contributed by atoms with van der Waals surface area (Å²) in [6, 6.07) is 11.6. The van der Waals surface area contributed by atoms with Crippen LogP contribution in [0.25, 0.3) is 0 Å². The number of halogens is 5. The smallest absolute Gasteiger partial charge is 0.0861 e. The van der Waals surface area contributed by atoms with E-state index in [0.717, 1.165) is 24.5 Å². The van der Waals surface area contributed by atoms with E-state index in [4.69, 9.17) is 23.2 Å². The molecule has 0 amide bonds. The Hall–Kier alpha value is 0.460. The van der Waals surface area contributed by atoms with Crippen molar-refractivity contribution in [1.29, 1.82) is 0 Å². The summed E-state index contributed by atoms with van der Waals surface area (Å²) in [4.78, 5) is 0. The molecule has 0 aliphatic carbocycles. The fourth-order valence-corrected chi connectivity index (χ4v) is 3.61. The molecule has 0 spiro atoms. The van der Waals surface area contributed by atoms with Gasteiger partial charge in [-0.15, -0.1) is 11.6 Å². The molecule has 0 bridgehead atoms. The van der Waals surface area contributed by atoms with Crippen molar-refractivity contribution in [1.82, 2.24) is 0 Å². The molecule has 0 aliphatic heterocycles. The summed E-state index contributed by atoms with van der Waals surface area (Å²) in [6.45, 7) is 0. The SMILES string of the molecule is Clc1c(Br)cccc1C(Cl)c1cc(Br)ccc1Br. The van der Waals surface area contributed by atoms with Gasteiger partial charge in [-0.25, -0.2) is 0 Å². The molecule has 5 heteroatoms. The summed E-state index contributed by atoms with van der Waals surface area (Å²) in [6.07, 6.45) is 0. The molecule has 2 rings (SSSR count). The summed E-state index contributed by atoms with van der Waals surface area (Å²) in [7, 11) is 0. The monoisotopic (exact) mass is 470 g/mol. The molecule has 1 unspecified atom stereocenters. The Morgan fingerprint density at radius 2 is 1.61 bits per heavy atom. The van der Waals surface area contributed by atoms with Crippen molar-refractivity contribution in [3.8, 4) is 0 Å². The molecule has 0 saturated heterocycles.